The minimum atomic E-state index is 0.212. The Balaban J connectivity index is 0.00000155. The third-order valence-electron chi connectivity index (χ3n) is 5.23. The molecule has 160 valence electrons. The van der Waals surface area contributed by atoms with E-state index in [1.807, 2.05) is 13.8 Å². The SMILES string of the molecule is CC.CN(C)c1ccc(C(c2ccc(N(C)C)cc2)c2ccc(N(C)C)cc2)cc1. The summed E-state index contributed by atoms with van der Waals surface area (Å²) < 4.78 is 0. The standard InChI is InChI=1S/C25H31N3.C2H6/c1-26(2)22-13-7-19(8-14-22)25(20-9-15-23(16-10-20)27(3)4)21-11-17-24(18-12-21)28(5)6;1-2/h7-18,25H,1-6H3;1-2H3. The lowest BCUT2D eigenvalue weighted by Crippen LogP contribution is -2.11. The second kappa shape index (κ2) is 10.7. The molecule has 0 atom stereocenters. The van der Waals surface area contributed by atoms with Gasteiger partial charge in [0, 0.05) is 65.3 Å². The Labute approximate surface area is 183 Å². The highest BCUT2D eigenvalue weighted by Gasteiger charge is 2.17. The van der Waals surface area contributed by atoms with E-state index in [9.17, 15) is 0 Å². The maximum Gasteiger partial charge on any atom is 0.0361 e. The van der Waals surface area contributed by atoms with E-state index in [1.54, 1.807) is 0 Å². The van der Waals surface area contributed by atoms with Crippen LogP contribution in [-0.2, 0) is 0 Å². The van der Waals surface area contributed by atoms with Crippen molar-refractivity contribution in [2.45, 2.75) is 19.8 Å². The molecule has 0 fully saturated rings. The van der Waals surface area contributed by atoms with Crippen LogP contribution >= 0.6 is 0 Å². The zero-order valence-corrected chi connectivity index (χ0v) is 19.8. The van der Waals surface area contributed by atoms with Gasteiger partial charge < -0.3 is 14.7 Å². The third-order valence-corrected chi connectivity index (χ3v) is 5.23. The van der Waals surface area contributed by atoms with Crippen LogP contribution < -0.4 is 14.7 Å². The van der Waals surface area contributed by atoms with Crippen LogP contribution in [0.1, 0.15) is 36.5 Å². The van der Waals surface area contributed by atoms with E-state index in [4.69, 9.17) is 0 Å². The van der Waals surface area contributed by atoms with Crippen molar-refractivity contribution in [1.82, 2.24) is 0 Å². The van der Waals surface area contributed by atoms with Gasteiger partial charge in [-0.25, -0.2) is 0 Å². The fraction of sp³-hybridized carbons (Fsp3) is 0.333. The average Bonchev–Trinajstić information content (AvgIpc) is 2.76. The van der Waals surface area contributed by atoms with E-state index < -0.39 is 0 Å². The molecule has 0 aliphatic rings. The van der Waals surface area contributed by atoms with E-state index in [0.717, 1.165) is 0 Å². The van der Waals surface area contributed by atoms with E-state index in [2.05, 4.69) is 130 Å². The number of anilines is 3. The van der Waals surface area contributed by atoms with Gasteiger partial charge in [0.2, 0.25) is 0 Å². The van der Waals surface area contributed by atoms with Crippen molar-refractivity contribution in [3.8, 4) is 0 Å². The Morgan fingerprint density at radius 1 is 0.400 bits per heavy atom. The molecule has 0 spiro atoms. The zero-order chi connectivity index (χ0) is 22.3. The first-order valence-corrected chi connectivity index (χ1v) is 10.7. The van der Waals surface area contributed by atoms with Gasteiger partial charge in [0.25, 0.3) is 0 Å². The van der Waals surface area contributed by atoms with Crippen molar-refractivity contribution in [2.75, 3.05) is 57.0 Å². The molecule has 0 unspecified atom stereocenters. The Hall–Kier alpha value is -2.94. The van der Waals surface area contributed by atoms with E-state index in [1.165, 1.54) is 33.8 Å². The molecular formula is C27H37N3. The first kappa shape index (κ1) is 23.3. The molecule has 3 rings (SSSR count). The largest absolute Gasteiger partial charge is 0.378 e. The maximum atomic E-state index is 2.25. The highest BCUT2D eigenvalue weighted by molar-refractivity contribution is 5.55. The van der Waals surface area contributed by atoms with Crippen LogP contribution in [0.5, 0.6) is 0 Å². The van der Waals surface area contributed by atoms with Crippen molar-refractivity contribution in [2.24, 2.45) is 0 Å². The second-order valence-corrected chi connectivity index (χ2v) is 7.89. The number of benzene rings is 3. The second-order valence-electron chi connectivity index (χ2n) is 7.89. The summed E-state index contributed by atoms with van der Waals surface area (Å²) in [6.45, 7) is 4.00. The van der Waals surface area contributed by atoms with Crippen molar-refractivity contribution in [3.05, 3.63) is 89.5 Å². The molecule has 0 saturated heterocycles. The lowest BCUT2D eigenvalue weighted by molar-refractivity contribution is 0.971. The fourth-order valence-electron chi connectivity index (χ4n) is 3.47. The van der Waals surface area contributed by atoms with Crippen LogP contribution in [0.25, 0.3) is 0 Å². The topological polar surface area (TPSA) is 9.72 Å². The molecule has 0 aliphatic heterocycles. The van der Waals surface area contributed by atoms with Crippen molar-refractivity contribution in [3.63, 3.8) is 0 Å². The minimum absolute atomic E-state index is 0.212. The molecule has 3 aromatic rings. The maximum absolute atomic E-state index is 2.25. The van der Waals surface area contributed by atoms with Gasteiger partial charge in [-0.1, -0.05) is 50.2 Å². The van der Waals surface area contributed by atoms with Crippen LogP contribution in [0.4, 0.5) is 17.1 Å². The Bertz CT molecular complexity index is 754. The number of hydrogen-bond donors (Lipinski definition) is 0. The first-order chi connectivity index (χ1) is 14.4. The smallest absolute Gasteiger partial charge is 0.0361 e. The van der Waals surface area contributed by atoms with E-state index >= 15 is 0 Å². The Morgan fingerprint density at radius 3 is 0.767 bits per heavy atom. The van der Waals surface area contributed by atoms with Gasteiger partial charge in [-0.15, -0.1) is 0 Å². The van der Waals surface area contributed by atoms with Crippen molar-refractivity contribution in [1.29, 1.82) is 0 Å². The monoisotopic (exact) mass is 403 g/mol. The van der Waals surface area contributed by atoms with Gasteiger partial charge in [-0.3, -0.25) is 0 Å². The summed E-state index contributed by atoms with van der Waals surface area (Å²) in [5, 5.41) is 0. The lowest BCUT2D eigenvalue weighted by Gasteiger charge is -2.22. The summed E-state index contributed by atoms with van der Waals surface area (Å²) in [5.41, 5.74) is 7.57. The molecule has 0 N–H and O–H groups in total. The summed E-state index contributed by atoms with van der Waals surface area (Å²) in [6, 6.07) is 26.7. The van der Waals surface area contributed by atoms with Crippen LogP contribution in [0.3, 0.4) is 0 Å². The highest BCUT2D eigenvalue weighted by atomic mass is 15.1. The van der Waals surface area contributed by atoms with Crippen LogP contribution in [-0.4, -0.2) is 42.3 Å². The van der Waals surface area contributed by atoms with Crippen LogP contribution in [0.2, 0.25) is 0 Å². The molecule has 0 aromatic heterocycles. The number of nitrogens with zero attached hydrogens (tertiary/aromatic N) is 3. The molecule has 0 radical (unpaired) electrons. The number of rotatable bonds is 6. The summed E-state index contributed by atoms with van der Waals surface area (Å²) >= 11 is 0. The van der Waals surface area contributed by atoms with Gasteiger partial charge in [0.1, 0.15) is 0 Å². The van der Waals surface area contributed by atoms with Gasteiger partial charge in [0.15, 0.2) is 0 Å². The normalized spacial score (nSPS) is 10.3. The summed E-state index contributed by atoms with van der Waals surface area (Å²) in [6.07, 6.45) is 0. The summed E-state index contributed by atoms with van der Waals surface area (Å²) in [4.78, 5) is 6.41. The molecule has 0 aliphatic carbocycles. The molecule has 3 aromatic carbocycles. The molecule has 0 saturated carbocycles. The quantitative estimate of drug-likeness (QED) is 0.461. The molecular weight excluding hydrogens is 366 g/mol. The third kappa shape index (κ3) is 5.56. The predicted octanol–water partition coefficient (Wildman–Crippen LogP) is 6.09. The average molecular weight is 404 g/mol. The zero-order valence-electron chi connectivity index (χ0n) is 19.8. The van der Waals surface area contributed by atoms with Gasteiger partial charge in [-0.2, -0.15) is 0 Å². The molecule has 30 heavy (non-hydrogen) atoms. The molecule has 0 amide bonds. The van der Waals surface area contributed by atoms with Crippen LogP contribution in [0, 0.1) is 0 Å². The Kier molecular flexibility index (Phi) is 8.35. The minimum Gasteiger partial charge on any atom is -0.378 e. The van der Waals surface area contributed by atoms with Gasteiger partial charge in [0.05, 0.1) is 0 Å². The Morgan fingerprint density at radius 2 is 0.600 bits per heavy atom. The van der Waals surface area contributed by atoms with Gasteiger partial charge in [-0.05, 0) is 53.1 Å². The first-order valence-electron chi connectivity index (χ1n) is 10.7. The number of hydrogen-bond acceptors (Lipinski definition) is 3. The highest BCUT2D eigenvalue weighted by Crippen LogP contribution is 2.34. The lowest BCUT2D eigenvalue weighted by atomic mass is 9.85. The fourth-order valence-corrected chi connectivity index (χ4v) is 3.47. The summed E-state index contributed by atoms with van der Waals surface area (Å²) in [7, 11) is 12.5. The molecule has 3 nitrogen and oxygen atoms in total. The van der Waals surface area contributed by atoms with E-state index in [0.29, 0.717) is 0 Å². The van der Waals surface area contributed by atoms with Crippen molar-refractivity contribution >= 4 is 17.1 Å². The summed E-state index contributed by atoms with van der Waals surface area (Å²) in [5.74, 6) is 0.212. The van der Waals surface area contributed by atoms with Crippen molar-refractivity contribution < 1.29 is 0 Å². The molecule has 0 bridgehead atoms. The van der Waals surface area contributed by atoms with E-state index in [-0.39, 0.29) is 5.92 Å². The van der Waals surface area contributed by atoms with Gasteiger partial charge >= 0.3 is 0 Å². The molecule has 0 heterocycles. The molecule has 3 heteroatoms. The van der Waals surface area contributed by atoms with Crippen LogP contribution in [0.15, 0.2) is 72.8 Å². The predicted molar refractivity (Wildman–Crippen MR) is 135 cm³/mol.